The molecule has 0 N–H and O–H groups in total. The van der Waals surface area contributed by atoms with Crippen LogP contribution in [0.25, 0.3) is 0 Å². The molecule has 0 aromatic rings. The molecule has 380 valence electrons. The van der Waals surface area contributed by atoms with Crippen LogP contribution in [0.15, 0.2) is 182 Å². The van der Waals surface area contributed by atoms with Gasteiger partial charge in [-0.1, -0.05) is 203 Å². The summed E-state index contributed by atoms with van der Waals surface area (Å²) >= 11 is 0. The van der Waals surface area contributed by atoms with Gasteiger partial charge in [-0.05, 0) is 135 Å². The van der Waals surface area contributed by atoms with Crippen LogP contribution < -0.4 is 0 Å². The summed E-state index contributed by atoms with van der Waals surface area (Å²) in [6, 6.07) is 0. The van der Waals surface area contributed by atoms with Crippen molar-refractivity contribution in [2.45, 2.75) is 181 Å². The minimum absolute atomic E-state index is 0.158. The van der Waals surface area contributed by atoms with E-state index < -0.39 is 12.1 Å². The number of carbonyl (C=O) groups excluding carboxylic acids is 3. The molecule has 0 aromatic carbocycles. The molecule has 0 spiro atoms. The Kier molecular flexibility index (Phi) is 50.7. The molecule has 0 saturated carbocycles. The van der Waals surface area contributed by atoms with Gasteiger partial charge in [0.2, 0.25) is 0 Å². The SMILES string of the molecule is CC/C=C\C/C=C\C/C=C\C/C=C\C/C=C\CCCC(=O)OCC(COC(=O)CCC/C=C\C/C=C\C/C=C\C/C=C\C/C=C\CC)OC(=O)CCC/C=C\C/C=C\C/C=C\C/C=C\C/C=C\CC. The molecule has 0 aliphatic rings. The highest BCUT2D eigenvalue weighted by atomic mass is 16.6. The fraction of sp³-hybridized carbons (Fsp3) is 0.476. The number of ether oxygens (including phenoxy) is 3. The average Bonchev–Trinajstić information content (AvgIpc) is 3.35. The predicted molar refractivity (Wildman–Crippen MR) is 297 cm³/mol. The van der Waals surface area contributed by atoms with Gasteiger partial charge in [0, 0.05) is 19.3 Å². The van der Waals surface area contributed by atoms with E-state index in [9.17, 15) is 14.4 Å². The molecule has 0 unspecified atom stereocenters. The monoisotopic (exact) mass is 945 g/mol. The van der Waals surface area contributed by atoms with Crippen LogP contribution in [0.3, 0.4) is 0 Å². The zero-order chi connectivity index (χ0) is 50.0. The summed E-state index contributed by atoms with van der Waals surface area (Å²) in [6.45, 7) is 6.11. The molecule has 0 aromatic heterocycles. The van der Waals surface area contributed by atoms with E-state index in [1.165, 1.54) is 0 Å². The summed E-state index contributed by atoms with van der Waals surface area (Å²) < 4.78 is 16.7. The van der Waals surface area contributed by atoms with Crippen molar-refractivity contribution in [2.24, 2.45) is 0 Å². The van der Waals surface area contributed by atoms with Crippen LogP contribution >= 0.6 is 0 Å². The number of unbranched alkanes of at least 4 members (excludes halogenated alkanes) is 3. The molecule has 6 heteroatoms. The maximum Gasteiger partial charge on any atom is 0.306 e. The molecule has 0 heterocycles. The standard InChI is InChI=1S/C63H92O6/c1-4-7-10-13-16-19-22-25-28-31-34-37-40-43-46-49-52-55-61(64)67-58-60(69-63(66)57-54-51-48-45-42-39-36-33-30-27-24-21-18-15-12-9-6-3)59-68-62(65)56-53-50-47-44-41-38-35-32-29-26-23-20-17-14-11-8-5-2/h7-12,16-21,25-30,34-39,43-48,60H,4-6,13-15,22-24,31-33,40-42,49-59H2,1-3H3/b10-7-,11-8-,12-9-,19-16-,20-17-,21-18-,28-25-,29-26-,30-27-,37-34-,38-35-,39-36-,46-43-,47-44-,48-45-. The first-order chi connectivity index (χ1) is 34.0. The molecular formula is C63H92O6. The molecule has 0 aliphatic carbocycles. The van der Waals surface area contributed by atoms with Crippen LogP contribution in [-0.4, -0.2) is 37.2 Å². The third-order valence-corrected chi connectivity index (χ3v) is 9.89. The highest BCUT2D eigenvalue weighted by Gasteiger charge is 2.19. The lowest BCUT2D eigenvalue weighted by molar-refractivity contribution is -0.166. The molecule has 69 heavy (non-hydrogen) atoms. The van der Waals surface area contributed by atoms with Gasteiger partial charge in [-0.25, -0.2) is 0 Å². The van der Waals surface area contributed by atoms with Gasteiger partial charge in [0.1, 0.15) is 13.2 Å². The van der Waals surface area contributed by atoms with Gasteiger partial charge in [-0.3, -0.25) is 14.4 Å². The van der Waals surface area contributed by atoms with Crippen LogP contribution in [0.5, 0.6) is 0 Å². The minimum Gasteiger partial charge on any atom is -0.462 e. The van der Waals surface area contributed by atoms with Crippen molar-refractivity contribution in [3.8, 4) is 0 Å². The third kappa shape index (κ3) is 53.3. The second kappa shape index (κ2) is 55.1. The number of allylic oxidation sites excluding steroid dienone is 30. The largest absolute Gasteiger partial charge is 0.462 e. The molecular weight excluding hydrogens is 853 g/mol. The molecule has 0 fully saturated rings. The molecule has 0 atom stereocenters. The zero-order valence-corrected chi connectivity index (χ0v) is 43.2. The van der Waals surface area contributed by atoms with Crippen molar-refractivity contribution in [1.82, 2.24) is 0 Å². The van der Waals surface area contributed by atoms with E-state index in [2.05, 4.69) is 203 Å². The third-order valence-electron chi connectivity index (χ3n) is 9.89. The van der Waals surface area contributed by atoms with Crippen molar-refractivity contribution in [1.29, 1.82) is 0 Å². The van der Waals surface area contributed by atoms with Gasteiger partial charge in [-0.2, -0.15) is 0 Å². The van der Waals surface area contributed by atoms with Gasteiger partial charge in [0.25, 0.3) is 0 Å². The Morgan fingerprint density at radius 2 is 0.493 bits per heavy atom. The van der Waals surface area contributed by atoms with E-state index in [-0.39, 0.29) is 44.4 Å². The molecule has 0 radical (unpaired) electrons. The Morgan fingerprint density at radius 3 is 0.725 bits per heavy atom. The zero-order valence-electron chi connectivity index (χ0n) is 43.2. The number of hydrogen-bond acceptors (Lipinski definition) is 6. The van der Waals surface area contributed by atoms with Crippen LogP contribution in [0.2, 0.25) is 0 Å². The summed E-state index contributed by atoms with van der Waals surface area (Å²) in [6.07, 6.45) is 83.2. The second-order valence-corrected chi connectivity index (χ2v) is 16.3. The van der Waals surface area contributed by atoms with Gasteiger partial charge in [0.05, 0.1) is 0 Å². The molecule has 0 amide bonds. The highest BCUT2D eigenvalue weighted by Crippen LogP contribution is 2.09. The first kappa shape index (κ1) is 63.5. The first-order valence-corrected chi connectivity index (χ1v) is 26.3. The van der Waals surface area contributed by atoms with E-state index in [0.29, 0.717) is 19.3 Å². The maximum atomic E-state index is 12.8. The highest BCUT2D eigenvalue weighted by molar-refractivity contribution is 5.71. The Labute approximate surface area is 421 Å². The minimum atomic E-state index is -0.865. The van der Waals surface area contributed by atoms with E-state index >= 15 is 0 Å². The molecule has 0 saturated heterocycles. The van der Waals surface area contributed by atoms with Crippen LogP contribution in [-0.2, 0) is 28.6 Å². The number of carbonyl (C=O) groups is 3. The fourth-order valence-corrected chi connectivity index (χ4v) is 6.08. The fourth-order valence-electron chi connectivity index (χ4n) is 6.08. The van der Waals surface area contributed by atoms with Crippen LogP contribution in [0.4, 0.5) is 0 Å². The van der Waals surface area contributed by atoms with Crippen molar-refractivity contribution in [2.75, 3.05) is 13.2 Å². The van der Waals surface area contributed by atoms with Crippen LogP contribution in [0, 0.1) is 0 Å². The number of esters is 3. The smallest absolute Gasteiger partial charge is 0.306 e. The Morgan fingerprint density at radius 1 is 0.290 bits per heavy atom. The summed E-state index contributed by atoms with van der Waals surface area (Å²) in [5.74, 6) is -1.15. The average molecular weight is 945 g/mol. The molecule has 0 rings (SSSR count). The van der Waals surface area contributed by atoms with Gasteiger partial charge in [-0.15, -0.1) is 0 Å². The Bertz CT molecular complexity index is 1610. The van der Waals surface area contributed by atoms with Crippen molar-refractivity contribution in [3.63, 3.8) is 0 Å². The first-order valence-electron chi connectivity index (χ1n) is 26.3. The van der Waals surface area contributed by atoms with Gasteiger partial charge < -0.3 is 14.2 Å². The molecule has 6 nitrogen and oxygen atoms in total. The van der Waals surface area contributed by atoms with E-state index in [1.807, 2.05) is 0 Å². The van der Waals surface area contributed by atoms with E-state index in [1.54, 1.807) is 0 Å². The van der Waals surface area contributed by atoms with Crippen molar-refractivity contribution >= 4 is 17.9 Å². The number of rotatable bonds is 44. The topological polar surface area (TPSA) is 78.9 Å². The molecule has 0 bridgehead atoms. The van der Waals surface area contributed by atoms with Crippen LogP contribution in [0.1, 0.15) is 175 Å². The van der Waals surface area contributed by atoms with Crippen molar-refractivity contribution in [3.05, 3.63) is 182 Å². The quantitative estimate of drug-likeness (QED) is 0.0262. The lowest BCUT2D eigenvalue weighted by atomic mass is 10.2. The molecule has 0 aliphatic heterocycles. The van der Waals surface area contributed by atoms with E-state index in [4.69, 9.17) is 14.2 Å². The Hall–Kier alpha value is -5.49. The lowest BCUT2D eigenvalue weighted by Crippen LogP contribution is -2.30. The van der Waals surface area contributed by atoms with Crippen molar-refractivity contribution < 1.29 is 28.6 Å². The summed E-state index contributed by atoms with van der Waals surface area (Å²) in [7, 11) is 0. The maximum absolute atomic E-state index is 12.8. The van der Waals surface area contributed by atoms with Gasteiger partial charge >= 0.3 is 17.9 Å². The second-order valence-electron chi connectivity index (χ2n) is 16.3. The number of hydrogen-bond donors (Lipinski definition) is 0. The van der Waals surface area contributed by atoms with Gasteiger partial charge in [0.15, 0.2) is 6.10 Å². The van der Waals surface area contributed by atoms with E-state index in [0.717, 1.165) is 116 Å². The predicted octanol–water partition coefficient (Wildman–Crippen LogP) is 17.7. The summed E-state index contributed by atoms with van der Waals surface area (Å²) in [4.78, 5) is 38.0. The summed E-state index contributed by atoms with van der Waals surface area (Å²) in [5, 5.41) is 0. The normalized spacial score (nSPS) is 13.2. The Balaban J connectivity index is 4.71. The lowest BCUT2D eigenvalue weighted by Gasteiger charge is -2.18. The summed E-state index contributed by atoms with van der Waals surface area (Å²) in [5.41, 5.74) is 0.